The molecule has 1 atom stereocenters. The Morgan fingerprint density at radius 2 is 2.25 bits per heavy atom. The predicted octanol–water partition coefficient (Wildman–Crippen LogP) is 2.60. The highest BCUT2D eigenvalue weighted by atomic mass is 15.2. The molecule has 0 spiro atoms. The van der Waals surface area contributed by atoms with E-state index < -0.39 is 0 Å². The molecule has 0 saturated carbocycles. The van der Waals surface area contributed by atoms with E-state index in [2.05, 4.69) is 39.5 Å². The van der Waals surface area contributed by atoms with E-state index in [0.29, 0.717) is 6.04 Å². The maximum Gasteiger partial charge on any atom is 0.0950 e. The Morgan fingerprint density at radius 3 is 3.05 bits per heavy atom. The van der Waals surface area contributed by atoms with Gasteiger partial charge in [0.25, 0.3) is 0 Å². The number of hydrogen-bond donors (Lipinski definition) is 1. The molecular weight excluding hydrogens is 248 g/mol. The molecule has 0 bridgehead atoms. The predicted molar refractivity (Wildman–Crippen MR) is 83.1 cm³/mol. The average molecular weight is 270 g/mol. The molecule has 0 radical (unpaired) electrons. The summed E-state index contributed by atoms with van der Waals surface area (Å²) in [5, 5.41) is 13.2. The molecule has 1 fully saturated rings. The van der Waals surface area contributed by atoms with Crippen molar-refractivity contribution in [2.75, 3.05) is 24.5 Å². The van der Waals surface area contributed by atoms with Gasteiger partial charge in [-0.2, -0.15) is 10.2 Å². The summed E-state index contributed by atoms with van der Waals surface area (Å²) in [7, 11) is 0. The molecule has 20 heavy (non-hydrogen) atoms. The third kappa shape index (κ3) is 2.61. The maximum atomic E-state index is 4.24. The van der Waals surface area contributed by atoms with Gasteiger partial charge < -0.3 is 10.2 Å². The third-order valence-corrected chi connectivity index (χ3v) is 4.01. The maximum absolute atomic E-state index is 4.24. The highest BCUT2D eigenvalue weighted by molar-refractivity contribution is 5.90. The minimum absolute atomic E-state index is 0.566. The molecule has 1 aliphatic heterocycles. The normalized spacial score (nSPS) is 19.1. The van der Waals surface area contributed by atoms with Crippen LogP contribution >= 0.6 is 0 Å². The summed E-state index contributed by atoms with van der Waals surface area (Å²) in [6.07, 6.45) is 5.57. The van der Waals surface area contributed by atoms with Crippen LogP contribution in [0, 0.1) is 0 Å². The lowest BCUT2D eigenvalue weighted by Crippen LogP contribution is -2.46. The number of piperidine rings is 1. The molecule has 2 aromatic rings. The summed E-state index contributed by atoms with van der Waals surface area (Å²) >= 11 is 0. The van der Waals surface area contributed by atoms with Crippen molar-refractivity contribution in [2.45, 2.75) is 32.2 Å². The van der Waals surface area contributed by atoms with Gasteiger partial charge in [-0.15, -0.1) is 0 Å². The van der Waals surface area contributed by atoms with Crippen LogP contribution in [0.4, 0.5) is 5.69 Å². The van der Waals surface area contributed by atoms with E-state index in [4.69, 9.17) is 0 Å². The number of fused-ring (bicyclic) bond motifs is 1. The molecule has 1 saturated heterocycles. The fourth-order valence-corrected chi connectivity index (χ4v) is 3.06. The van der Waals surface area contributed by atoms with Crippen LogP contribution in [-0.4, -0.2) is 35.9 Å². The second-order valence-electron chi connectivity index (χ2n) is 5.44. The average Bonchev–Trinajstić information content (AvgIpc) is 2.53. The van der Waals surface area contributed by atoms with E-state index in [9.17, 15) is 0 Å². The Bertz CT molecular complexity index is 558. The van der Waals surface area contributed by atoms with Crippen molar-refractivity contribution in [1.82, 2.24) is 15.5 Å². The first-order chi connectivity index (χ1) is 9.90. The lowest BCUT2D eigenvalue weighted by Gasteiger charge is -2.36. The van der Waals surface area contributed by atoms with Gasteiger partial charge in [-0.3, -0.25) is 0 Å². The van der Waals surface area contributed by atoms with Crippen molar-refractivity contribution >= 4 is 16.6 Å². The van der Waals surface area contributed by atoms with E-state index in [1.165, 1.54) is 23.9 Å². The number of hydrogen-bond acceptors (Lipinski definition) is 4. The van der Waals surface area contributed by atoms with Crippen molar-refractivity contribution in [3.05, 3.63) is 30.5 Å². The van der Waals surface area contributed by atoms with E-state index in [1.807, 2.05) is 18.3 Å². The van der Waals surface area contributed by atoms with Gasteiger partial charge in [0.05, 0.1) is 17.4 Å². The first-order valence-corrected chi connectivity index (χ1v) is 7.58. The molecule has 1 aromatic heterocycles. The van der Waals surface area contributed by atoms with Gasteiger partial charge in [0.15, 0.2) is 0 Å². The molecule has 2 heterocycles. The van der Waals surface area contributed by atoms with Crippen LogP contribution in [0.15, 0.2) is 30.5 Å². The zero-order chi connectivity index (χ0) is 13.8. The summed E-state index contributed by atoms with van der Waals surface area (Å²) in [6.45, 7) is 5.52. The minimum Gasteiger partial charge on any atom is -0.365 e. The molecule has 1 aromatic carbocycles. The van der Waals surface area contributed by atoms with Gasteiger partial charge in [-0.05, 0) is 31.9 Å². The Morgan fingerprint density at radius 1 is 1.35 bits per heavy atom. The van der Waals surface area contributed by atoms with Gasteiger partial charge in [-0.1, -0.05) is 25.1 Å². The van der Waals surface area contributed by atoms with Crippen molar-refractivity contribution in [2.24, 2.45) is 0 Å². The fraction of sp³-hybridized carbons (Fsp3) is 0.500. The topological polar surface area (TPSA) is 41.1 Å². The summed E-state index contributed by atoms with van der Waals surface area (Å²) in [5.41, 5.74) is 2.21. The molecule has 4 nitrogen and oxygen atoms in total. The summed E-state index contributed by atoms with van der Waals surface area (Å²) < 4.78 is 0. The molecule has 106 valence electrons. The van der Waals surface area contributed by atoms with E-state index in [0.717, 1.165) is 31.6 Å². The Hall–Kier alpha value is -1.68. The quantitative estimate of drug-likeness (QED) is 0.927. The lowest BCUT2D eigenvalue weighted by atomic mass is 10.0. The smallest absolute Gasteiger partial charge is 0.0950 e. The Balaban J connectivity index is 2.00. The highest BCUT2D eigenvalue weighted by Crippen LogP contribution is 2.27. The molecule has 0 aliphatic carbocycles. The number of nitrogens with zero attached hydrogens (tertiary/aromatic N) is 3. The summed E-state index contributed by atoms with van der Waals surface area (Å²) in [6, 6.07) is 8.85. The van der Waals surface area contributed by atoms with E-state index in [1.54, 1.807) is 0 Å². The summed E-state index contributed by atoms with van der Waals surface area (Å²) in [5.74, 6) is 0. The van der Waals surface area contributed by atoms with Gasteiger partial charge in [0.2, 0.25) is 0 Å². The van der Waals surface area contributed by atoms with E-state index >= 15 is 0 Å². The van der Waals surface area contributed by atoms with Crippen LogP contribution in [0.3, 0.4) is 0 Å². The molecule has 1 N–H and O–H groups in total. The molecule has 4 heteroatoms. The van der Waals surface area contributed by atoms with Gasteiger partial charge >= 0.3 is 0 Å². The molecule has 1 aliphatic rings. The van der Waals surface area contributed by atoms with Crippen LogP contribution in [0.2, 0.25) is 0 Å². The number of aromatic nitrogens is 2. The van der Waals surface area contributed by atoms with Crippen LogP contribution in [0.25, 0.3) is 10.9 Å². The van der Waals surface area contributed by atoms with Crippen molar-refractivity contribution in [3.63, 3.8) is 0 Å². The SMILES string of the molecule is CCCN(c1cnnc2ccccc12)C1CCCNC1. The highest BCUT2D eigenvalue weighted by Gasteiger charge is 2.22. The van der Waals surface area contributed by atoms with Gasteiger partial charge in [0, 0.05) is 24.5 Å². The molecule has 0 amide bonds. The molecule has 3 rings (SSSR count). The third-order valence-electron chi connectivity index (χ3n) is 4.01. The van der Waals surface area contributed by atoms with E-state index in [-0.39, 0.29) is 0 Å². The fourth-order valence-electron chi connectivity index (χ4n) is 3.06. The van der Waals surface area contributed by atoms with Crippen LogP contribution in [-0.2, 0) is 0 Å². The monoisotopic (exact) mass is 270 g/mol. The van der Waals surface area contributed by atoms with Crippen molar-refractivity contribution in [1.29, 1.82) is 0 Å². The zero-order valence-corrected chi connectivity index (χ0v) is 12.0. The second kappa shape index (κ2) is 6.18. The number of benzene rings is 1. The Labute approximate surface area is 120 Å². The number of nitrogens with one attached hydrogen (secondary N) is 1. The van der Waals surface area contributed by atoms with Gasteiger partial charge in [0.1, 0.15) is 0 Å². The molecular formula is C16H22N4. The number of rotatable bonds is 4. The minimum atomic E-state index is 0.566. The van der Waals surface area contributed by atoms with Crippen molar-refractivity contribution in [3.8, 4) is 0 Å². The Kier molecular flexibility index (Phi) is 4.11. The summed E-state index contributed by atoms with van der Waals surface area (Å²) in [4.78, 5) is 2.52. The molecule has 1 unspecified atom stereocenters. The van der Waals surface area contributed by atoms with Crippen molar-refractivity contribution < 1.29 is 0 Å². The second-order valence-corrected chi connectivity index (χ2v) is 5.44. The van der Waals surface area contributed by atoms with Crippen LogP contribution in [0.1, 0.15) is 26.2 Å². The van der Waals surface area contributed by atoms with Crippen LogP contribution in [0.5, 0.6) is 0 Å². The first-order valence-electron chi connectivity index (χ1n) is 7.58. The standard InChI is InChI=1S/C16H22N4/c1-2-10-20(13-6-5-9-17-11-13)16-12-18-19-15-8-4-3-7-14(15)16/h3-4,7-8,12-13,17H,2,5-6,9-11H2,1H3. The largest absolute Gasteiger partial charge is 0.365 e. The lowest BCUT2D eigenvalue weighted by molar-refractivity contribution is 0.431. The zero-order valence-electron chi connectivity index (χ0n) is 12.0. The number of anilines is 1. The van der Waals surface area contributed by atoms with Crippen LogP contribution < -0.4 is 10.2 Å². The van der Waals surface area contributed by atoms with Gasteiger partial charge in [-0.25, -0.2) is 0 Å². The first kappa shape index (κ1) is 13.3.